The molecule has 0 saturated carbocycles. The maximum Gasteiger partial charge on any atom is 0.252 e. The van der Waals surface area contributed by atoms with Crippen molar-refractivity contribution in [2.45, 2.75) is 6.92 Å². The van der Waals surface area contributed by atoms with Crippen molar-refractivity contribution in [2.75, 3.05) is 32.7 Å². The second-order valence-electron chi connectivity index (χ2n) is 4.60. The van der Waals surface area contributed by atoms with E-state index in [1.807, 2.05) is 0 Å². The molecule has 90 valence electrons. The summed E-state index contributed by atoms with van der Waals surface area (Å²) >= 11 is 0. The fraction of sp³-hybridized carbons (Fsp3) is 0.800. The number of nitrogens with zero attached hydrogens (tertiary/aromatic N) is 1. The summed E-state index contributed by atoms with van der Waals surface area (Å²) in [4.78, 5) is 24.2. The zero-order valence-electron chi connectivity index (χ0n) is 9.45. The summed E-state index contributed by atoms with van der Waals surface area (Å²) in [5.74, 6) is 0.973. The lowest BCUT2D eigenvalue weighted by Crippen LogP contribution is -2.45. The predicted octanol–water partition coefficient (Wildman–Crippen LogP) is -1.70. The van der Waals surface area contributed by atoms with E-state index in [9.17, 15) is 9.59 Å². The lowest BCUT2D eigenvalue weighted by molar-refractivity contribution is -0.128. The number of hydrogen-bond donors (Lipinski definition) is 3. The largest absolute Gasteiger partial charge is 0.316 e. The lowest BCUT2D eigenvalue weighted by Gasteiger charge is -2.16. The van der Waals surface area contributed by atoms with Crippen molar-refractivity contribution in [3.05, 3.63) is 0 Å². The predicted molar refractivity (Wildman–Crippen MR) is 58.2 cm³/mol. The highest BCUT2D eigenvalue weighted by atomic mass is 16.2. The van der Waals surface area contributed by atoms with Gasteiger partial charge in [0.25, 0.3) is 5.91 Å². The van der Waals surface area contributed by atoms with Crippen LogP contribution in [0.3, 0.4) is 0 Å². The van der Waals surface area contributed by atoms with Crippen LogP contribution in [0.1, 0.15) is 6.92 Å². The minimum absolute atomic E-state index is 0.150. The highest BCUT2D eigenvalue weighted by Crippen LogP contribution is 2.25. The average molecular weight is 226 g/mol. The normalized spacial score (nSPS) is 28.8. The summed E-state index contributed by atoms with van der Waals surface area (Å²) in [6.07, 6.45) is 0. The van der Waals surface area contributed by atoms with Crippen molar-refractivity contribution in [1.82, 2.24) is 21.1 Å². The molecule has 2 saturated heterocycles. The minimum Gasteiger partial charge on any atom is -0.316 e. The van der Waals surface area contributed by atoms with Crippen molar-refractivity contribution in [1.29, 1.82) is 0 Å². The van der Waals surface area contributed by atoms with Crippen molar-refractivity contribution >= 4 is 11.8 Å². The molecule has 0 bridgehead atoms. The SMILES string of the molecule is CC(=O)NNC(=O)CN1C[C@H]2CNC[C@H]2C1. The van der Waals surface area contributed by atoms with Crippen LogP contribution >= 0.6 is 0 Å². The first-order valence-corrected chi connectivity index (χ1v) is 5.63. The Morgan fingerprint density at radius 1 is 1.25 bits per heavy atom. The van der Waals surface area contributed by atoms with Gasteiger partial charge in [-0.25, -0.2) is 0 Å². The Morgan fingerprint density at radius 3 is 2.44 bits per heavy atom. The first-order chi connectivity index (χ1) is 7.65. The zero-order valence-corrected chi connectivity index (χ0v) is 9.45. The summed E-state index contributed by atoms with van der Waals surface area (Å²) in [6, 6.07) is 0. The molecule has 2 rings (SSSR count). The topological polar surface area (TPSA) is 73.5 Å². The van der Waals surface area contributed by atoms with Gasteiger partial charge in [-0.1, -0.05) is 0 Å². The maximum absolute atomic E-state index is 11.4. The van der Waals surface area contributed by atoms with E-state index in [4.69, 9.17) is 0 Å². The Labute approximate surface area is 94.7 Å². The van der Waals surface area contributed by atoms with Crippen LogP contribution in [0.25, 0.3) is 0 Å². The number of carbonyl (C=O) groups is 2. The maximum atomic E-state index is 11.4. The molecule has 0 radical (unpaired) electrons. The van der Waals surface area contributed by atoms with Gasteiger partial charge in [0.1, 0.15) is 0 Å². The molecule has 0 spiro atoms. The molecule has 2 aliphatic rings. The molecule has 6 heteroatoms. The van der Waals surface area contributed by atoms with Crippen LogP contribution in [0.5, 0.6) is 0 Å². The van der Waals surface area contributed by atoms with Crippen molar-refractivity contribution in [2.24, 2.45) is 11.8 Å². The van der Waals surface area contributed by atoms with Gasteiger partial charge in [0.05, 0.1) is 6.54 Å². The number of carbonyl (C=O) groups excluding carboxylic acids is 2. The van der Waals surface area contributed by atoms with Crippen LogP contribution in [0.4, 0.5) is 0 Å². The number of nitrogens with one attached hydrogen (secondary N) is 3. The smallest absolute Gasteiger partial charge is 0.252 e. The summed E-state index contributed by atoms with van der Waals surface area (Å²) in [7, 11) is 0. The molecular weight excluding hydrogens is 208 g/mol. The van der Waals surface area contributed by atoms with Gasteiger partial charge in [-0.05, 0) is 24.9 Å². The quantitative estimate of drug-likeness (QED) is 0.491. The van der Waals surface area contributed by atoms with E-state index in [1.54, 1.807) is 0 Å². The van der Waals surface area contributed by atoms with Crippen LogP contribution in [-0.2, 0) is 9.59 Å². The number of amides is 2. The Morgan fingerprint density at radius 2 is 1.88 bits per heavy atom. The van der Waals surface area contributed by atoms with Crippen LogP contribution in [0.15, 0.2) is 0 Å². The molecule has 2 heterocycles. The monoisotopic (exact) mass is 226 g/mol. The molecular formula is C10H18N4O2. The Kier molecular flexibility index (Phi) is 3.40. The second kappa shape index (κ2) is 4.80. The van der Waals surface area contributed by atoms with E-state index in [0.29, 0.717) is 18.4 Å². The highest BCUT2D eigenvalue weighted by molar-refractivity contribution is 5.81. The third-order valence-corrected chi connectivity index (χ3v) is 3.21. The molecule has 2 aliphatic heterocycles. The molecule has 0 aliphatic carbocycles. The Hall–Kier alpha value is -1.14. The van der Waals surface area contributed by atoms with Gasteiger partial charge in [0, 0.05) is 20.0 Å². The second-order valence-corrected chi connectivity index (χ2v) is 4.60. The molecule has 16 heavy (non-hydrogen) atoms. The summed E-state index contributed by atoms with van der Waals surface area (Å²) < 4.78 is 0. The third-order valence-electron chi connectivity index (χ3n) is 3.21. The van der Waals surface area contributed by atoms with Crippen LogP contribution in [0.2, 0.25) is 0 Å². The molecule has 2 amide bonds. The molecule has 0 unspecified atom stereocenters. The summed E-state index contributed by atoms with van der Waals surface area (Å²) in [6.45, 7) is 5.82. The fourth-order valence-corrected chi connectivity index (χ4v) is 2.48. The third kappa shape index (κ3) is 2.70. The number of rotatable bonds is 2. The van der Waals surface area contributed by atoms with Gasteiger partial charge >= 0.3 is 0 Å². The standard InChI is InChI=1S/C10H18N4O2/c1-7(15)12-13-10(16)6-14-4-8-2-11-3-9(8)5-14/h8-9,11H,2-6H2,1H3,(H,12,15)(H,13,16)/t8-,9+. The van der Waals surface area contributed by atoms with E-state index < -0.39 is 0 Å². The van der Waals surface area contributed by atoms with E-state index >= 15 is 0 Å². The number of fused-ring (bicyclic) bond motifs is 1. The van der Waals surface area contributed by atoms with E-state index in [1.165, 1.54) is 6.92 Å². The Bertz CT molecular complexity index is 283. The molecule has 2 fully saturated rings. The van der Waals surface area contributed by atoms with Crippen molar-refractivity contribution in [3.8, 4) is 0 Å². The van der Waals surface area contributed by atoms with Crippen molar-refractivity contribution < 1.29 is 9.59 Å². The fourth-order valence-electron chi connectivity index (χ4n) is 2.48. The van der Waals surface area contributed by atoms with Gasteiger partial charge in [-0.2, -0.15) is 0 Å². The first-order valence-electron chi connectivity index (χ1n) is 5.63. The Balaban J connectivity index is 1.70. The summed E-state index contributed by atoms with van der Waals surface area (Å²) in [5.41, 5.74) is 4.67. The molecule has 6 nitrogen and oxygen atoms in total. The molecule has 0 aromatic carbocycles. The number of hydrazine groups is 1. The molecule has 0 aromatic heterocycles. The van der Waals surface area contributed by atoms with E-state index in [-0.39, 0.29) is 11.8 Å². The van der Waals surface area contributed by atoms with Crippen LogP contribution < -0.4 is 16.2 Å². The highest BCUT2D eigenvalue weighted by Gasteiger charge is 2.36. The molecule has 3 N–H and O–H groups in total. The number of likely N-dealkylation sites (tertiary alicyclic amines) is 1. The van der Waals surface area contributed by atoms with E-state index in [0.717, 1.165) is 26.2 Å². The van der Waals surface area contributed by atoms with Crippen molar-refractivity contribution in [3.63, 3.8) is 0 Å². The average Bonchev–Trinajstić information content (AvgIpc) is 2.74. The number of hydrogen-bond acceptors (Lipinski definition) is 4. The van der Waals surface area contributed by atoms with Gasteiger partial charge in [-0.15, -0.1) is 0 Å². The molecule has 0 aromatic rings. The first kappa shape index (κ1) is 11.3. The van der Waals surface area contributed by atoms with Gasteiger partial charge in [-0.3, -0.25) is 25.3 Å². The minimum atomic E-state index is -0.254. The van der Waals surface area contributed by atoms with Gasteiger partial charge < -0.3 is 5.32 Å². The van der Waals surface area contributed by atoms with Gasteiger partial charge in [0.2, 0.25) is 5.91 Å². The summed E-state index contributed by atoms with van der Waals surface area (Å²) in [5, 5.41) is 3.35. The zero-order chi connectivity index (χ0) is 11.5. The lowest BCUT2D eigenvalue weighted by atomic mass is 10.0. The van der Waals surface area contributed by atoms with Crippen LogP contribution in [0, 0.1) is 11.8 Å². The van der Waals surface area contributed by atoms with Crippen LogP contribution in [-0.4, -0.2) is 49.4 Å². The molecule has 2 atom stereocenters. The van der Waals surface area contributed by atoms with Gasteiger partial charge in [0.15, 0.2) is 0 Å². The van der Waals surface area contributed by atoms with E-state index in [2.05, 4.69) is 21.1 Å².